The molecule has 1 saturated carbocycles. The molecule has 0 amide bonds. The van der Waals surface area contributed by atoms with Crippen LogP contribution < -0.4 is 11.3 Å². The molecular formula is C12H18N4OS. The van der Waals surface area contributed by atoms with E-state index in [1.807, 2.05) is 16.0 Å². The van der Waals surface area contributed by atoms with Gasteiger partial charge < -0.3 is 4.74 Å². The summed E-state index contributed by atoms with van der Waals surface area (Å²) in [6, 6.07) is 0.126. The van der Waals surface area contributed by atoms with Crippen molar-refractivity contribution in [1.82, 2.24) is 14.8 Å². The van der Waals surface area contributed by atoms with E-state index in [1.165, 1.54) is 6.42 Å². The number of methoxy groups -OCH3 is 1. The average Bonchev–Trinajstić information content (AvgIpc) is 2.87. The number of ether oxygens (including phenoxy) is 1. The number of fused-ring (bicyclic) bond motifs is 1. The van der Waals surface area contributed by atoms with Gasteiger partial charge in [0.25, 0.3) is 0 Å². The highest BCUT2D eigenvalue weighted by Crippen LogP contribution is 2.38. The van der Waals surface area contributed by atoms with Gasteiger partial charge in [0, 0.05) is 31.3 Å². The summed E-state index contributed by atoms with van der Waals surface area (Å²) in [5, 5.41) is 2.04. The number of nitrogens with one attached hydrogen (secondary N) is 1. The second-order valence-corrected chi connectivity index (χ2v) is 5.74. The van der Waals surface area contributed by atoms with Gasteiger partial charge in [-0.05, 0) is 19.3 Å². The zero-order chi connectivity index (χ0) is 12.6. The van der Waals surface area contributed by atoms with Crippen molar-refractivity contribution in [3.63, 3.8) is 0 Å². The summed E-state index contributed by atoms with van der Waals surface area (Å²) in [7, 11) is 1.77. The Labute approximate surface area is 110 Å². The fraction of sp³-hybridized carbons (Fsp3) is 0.583. The van der Waals surface area contributed by atoms with Gasteiger partial charge in [-0.15, -0.1) is 11.3 Å². The monoisotopic (exact) mass is 266 g/mol. The molecule has 0 radical (unpaired) electrons. The van der Waals surface area contributed by atoms with Crippen molar-refractivity contribution in [3.8, 4) is 0 Å². The molecule has 3 rings (SSSR count). The quantitative estimate of drug-likeness (QED) is 0.633. The van der Waals surface area contributed by atoms with Crippen LogP contribution in [0.5, 0.6) is 0 Å². The smallest absolute Gasteiger partial charge is 0.193 e. The molecule has 5 nitrogen and oxygen atoms in total. The van der Waals surface area contributed by atoms with Crippen LogP contribution in [-0.4, -0.2) is 28.1 Å². The first-order valence-corrected chi connectivity index (χ1v) is 7.08. The molecule has 98 valence electrons. The molecular weight excluding hydrogens is 248 g/mol. The highest BCUT2D eigenvalue weighted by molar-refractivity contribution is 7.15. The third kappa shape index (κ3) is 1.85. The third-order valence-electron chi connectivity index (χ3n) is 4.00. The van der Waals surface area contributed by atoms with Gasteiger partial charge >= 0.3 is 0 Å². The fourth-order valence-electron chi connectivity index (χ4n) is 2.70. The Bertz CT molecular complexity index is 497. The van der Waals surface area contributed by atoms with Gasteiger partial charge in [-0.3, -0.25) is 15.7 Å². The molecule has 1 atom stereocenters. The van der Waals surface area contributed by atoms with Crippen molar-refractivity contribution in [2.45, 2.75) is 37.3 Å². The highest BCUT2D eigenvalue weighted by atomic mass is 32.1. The van der Waals surface area contributed by atoms with E-state index in [1.54, 1.807) is 18.4 Å². The summed E-state index contributed by atoms with van der Waals surface area (Å²) in [4.78, 5) is 5.63. The van der Waals surface area contributed by atoms with Crippen molar-refractivity contribution >= 4 is 16.3 Å². The maximum atomic E-state index is 5.70. The van der Waals surface area contributed by atoms with Crippen LogP contribution in [0.2, 0.25) is 0 Å². The van der Waals surface area contributed by atoms with E-state index in [0.717, 1.165) is 29.9 Å². The predicted octanol–water partition coefficient (Wildman–Crippen LogP) is 1.34. The molecule has 1 aliphatic carbocycles. The van der Waals surface area contributed by atoms with Crippen LogP contribution in [-0.2, 0) is 11.2 Å². The molecule has 18 heavy (non-hydrogen) atoms. The minimum absolute atomic E-state index is 0.105. The molecule has 3 N–H and O–H groups in total. The fourth-order valence-corrected chi connectivity index (χ4v) is 3.42. The lowest BCUT2D eigenvalue weighted by Gasteiger charge is -2.46. The molecule has 2 heterocycles. The summed E-state index contributed by atoms with van der Waals surface area (Å²) in [5.41, 5.74) is 3.87. The zero-order valence-electron chi connectivity index (χ0n) is 10.4. The number of aromatic nitrogens is 2. The van der Waals surface area contributed by atoms with E-state index in [-0.39, 0.29) is 11.6 Å². The van der Waals surface area contributed by atoms with E-state index in [2.05, 4.69) is 16.6 Å². The van der Waals surface area contributed by atoms with Crippen LogP contribution in [0, 0.1) is 0 Å². The van der Waals surface area contributed by atoms with Gasteiger partial charge in [0.2, 0.25) is 0 Å². The van der Waals surface area contributed by atoms with Crippen LogP contribution in [0.4, 0.5) is 0 Å². The Morgan fingerprint density at radius 1 is 1.67 bits per heavy atom. The highest BCUT2D eigenvalue weighted by Gasteiger charge is 2.44. The SMILES string of the molecule is COC1(C(Cc2cn3ccsc3n2)NN)CCC1. The number of nitrogens with two attached hydrogens (primary N) is 1. The van der Waals surface area contributed by atoms with Crippen molar-refractivity contribution in [1.29, 1.82) is 0 Å². The van der Waals surface area contributed by atoms with Crippen LogP contribution in [0.3, 0.4) is 0 Å². The van der Waals surface area contributed by atoms with E-state index >= 15 is 0 Å². The van der Waals surface area contributed by atoms with E-state index < -0.39 is 0 Å². The third-order valence-corrected chi connectivity index (χ3v) is 4.77. The minimum Gasteiger partial charge on any atom is -0.377 e. The van der Waals surface area contributed by atoms with Crippen LogP contribution in [0.1, 0.15) is 25.0 Å². The van der Waals surface area contributed by atoms with Crippen LogP contribution >= 0.6 is 11.3 Å². The predicted molar refractivity (Wildman–Crippen MR) is 71.5 cm³/mol. The van der Waals surface area contributed by atoms with E-state index in [4.69, 9.17) is 10.6 Å². The lowest BCUT2D eigenvalue weighted by atomic mass is 9.73. The molecule has 1 fully saturated rings. The number of hydrogen-bond donors (Lipinski definition) is 2. The van der Waals surface area contributed by atoms with Crippen molar-refractivity contribution in [2.75, 3.05) is 7.11 Å². The number of imidazole rings is 1. The Hall–Kier alpha value is -0.950. The molecule has 0 aromatic carbocycles. The maximum absolute atomic E-state index is 5.70. The average molecular weight is 266 g/mol. The Balaban J connectivity index is 1.79. The summed E-state index contributed by atoms with van der Waals surface area (Å²) >= 11 is 1.64. The zero-order valence-corrected chi connectivity index (χ0v) is 11.2. The van der Waals surface area contributed by atoms with Crippen molar-refractivity contribution in [2.24, 2.45) is 5.84 Å². The van der Waals surface area contributed by atoms with Crippen LogP contribution in [0.15, 0.2) is 17.8 Å². The second-order valence-electron chi connectivity index (χ2n) is 4.87. The maximum Gasteiger partial charge on any atom is 0.193 e. The first-order valence-electron chi connectivity index (χ1n) is 6.20. The first-order chi connectivity index (χ1) is 8.77. The Kier molecular flexibility index (Phi) is 3.11. The topological polar surface area (TPSA) is 64.6 Å². The van der Waals surface area contributed by atoms with Gasteiger partial charge in [-0.1, -0.05) is 0 Å². The number of thiazole rings is 1. The van der Waals surface area contributed by atoms with Gasteiger partial charge in [0.05, 0.1) is 17.3 Å². The van der Waals surface area contributed by atoms with Gasteiger partial charge in [0.1, 0.15) is 0 Å². The minimum atomic E-state index is -0.105. The lowest BCUT2D eigenvalue weighted by molar-refractivity contribution is -0.0983. The van der Waals surface area contributed by atoms with Gasteiger partial charge in [-0.25, -0.2) is 4.98 Å². The molecule has 0 saturated heterocycles. The molecule has 2 aromatic rings. The van der Waals surface area contributed by atoms with Crippen LogP contribution in [0.25, 0.3) is 4.96 Å². The summed E-state index contributed by atoms with van der Waals surface area (Å²) < 4.78 is 7.73. The second kappa shape index (κ2) is 4.62. The number of nitrogens with zero attached hydrogens (tertiary/aromatic N) is 2. The molecule has 1 aliphatic rings. The number of rotatable bonds is 5. The summed E-state index contributed by atoms with van der Waals surface area (Å²) in [6.07, 6.45) is 8.25. The number of hydrogen-bond acceptors (Lipinski definition) is 5. The largest absolute Gasteiger partial charge is 0.377 e. The Morgan fingerprint density at radius 3 is 3.06 bits per heavy atom. The van der Waals surface area contributed by atoms with Gasteiger partial charge in [0.15, 0.2) is 4.96 Å². The standard InChI is InChI=1S/C12H18N4OS/c1-17-12(3-2-4-12)10(15-13)7-9-8-16-5-6-18-11(16)14-9/h5-6,8,10,15H,2-4,7,13H2,1H3. The van der Waals surface area contributed by atoms with E-state index in [9.17, 15) is 0 Å². The van der Waals surface area contributed by atoms with Crippen molar-refractivity contribution in [3.05, 3.63) is 23.5 Å². The molecule has 0 spiro atoms. The molecule has 0 bridgehead atoms. The lowest BCUT2D eigenvalue weighted by Crippen LogP contribution is -2.59. The Morgan fingerprint density at radius 2 is 2.50 bits per heavy atom. The molecule has 1 unspecified atom stereocenters. The first kappa shape index (κ1) is 12.1. The molecule has 2 aromatic heterocycles. The number of hydrazine groups is 1. The van der Waals surface area contributed by atoms with Crippen molar-refractivity contribution < 1.29 is 4.74 Å². The normalized spacial score (nSPS) is 19.9. The molecule has 6 heteroatoms. The molecule has 0 aliphatic heterocycles. The van der Waals surface area contributed by atoms with E-state index in [0.29, 0.717) is 0 Å². The summed E-state index contributed by atoms with van der Waals surface area (Å²) in [6.45, 7) is 0. The summed E-state index contributed by atoms with van der Waals surface area (Å²) in [5.74, 6) is 5.70. The van der Waals surface area contributed by atoms with Gasteiger partial charge in [-0.2, -0.15) is 0 Å².